The second-order valence-corrected chi connectivity index (χ2v) is 6.17. The largest absolute Gasteiger partial charge is 0.489 e. The summed E-state index contributed by atoms with van der Waals surface area (Å²) in [5.74, 6) is -0.397. The van der Waals surface area contributed by atoms with E-state index in [1.54, 1.807) is 16.8 Å². The molecule has 0 atom stereocenters. The van der Waals surface area contributed by atoms with E-state index in [4.69, 9.17) is 14.6 Å². The number of hydrogen-bond donors (Lipinski definition) is 2. The maximum absolute atomic E-state index is 11.9. The van der Waals surface area contributed by atoms with Crippen LogP contribution in [0.15, 0.2) is 18.3 Å². The van der Waals surface area contributed by atoms with E-state index in [1.165, 1.54) is 6.92 Å². The Labute approximate surface area is 131 Å². The highest BCUT2D eigenvalue weighted by Crippen LogP contribution is 2.39. The molecule has 0 unspecified atom stereocenters. The molecule has 2 aliphatic rings. The fourth-order valence-corrected chi connectivity index (χ4v) is 3.13. The van der Waals surface area contributed by atoms with Crippen molar-refractivity contribution < 1.29 is 24.2 Å². The van der Waals surface area contributed by atoms with Gasteiger partial charge >= 0.3 is 5.97 Å². The van der Waals surface area contributed by atoms with Crippen molar-refractivity contribution in [2.45, 2.75) is 19.0 Å². The summed E-state index contributed by atoms with van der Waals surface area (Å²) in [5, 5.41) is 13.2. The number of nitrogens with one attached hydrogen (secondary N) is 1. The highest BCUT2D eigenvalue weighted by Gasteiger charge is 2.42. The molecular weight excluding hydrogens is 300 g/mol. The Morgan fingerprint density at radius 1 is 1.35 bits per heavy atom. The average molecular weight is 316 g/mol. The zero-order chi connectivity index (χ0) is 16.2. The number of benzene rings is 1. The number of aromatic nitrogens is 1. The van der Waals surface area contributed by atoms with E-state index in [9.17, 15) is 9.59 Å². The second kappa shape index (κ2) is 4.73. The number of ketones is 1. The van der Waals surface area contributed by atoms with Gasteiger partial charge in [0.05, 0.1) is 24.4 Å². The molecule has 1 aromatic carbocycles. The van der Waals surface area contributed by atoms with Gasteiger partial charge in [-0.1, -0.05) is 0 Å². The third-order valence-electron chi connectivity index (χ3n) is 4.33. The number of Topliss-reactive ketones (excluding diaryl/α,β-unsaturated/α-hetero) is 1. The van der Waals surface area contributed by atoms with Gasteiger partial charge in [0, 0.05) is 23.2 Å². The molecule has 3 heterocycles. The quantitative estimate of drug-likeness (QED) is 0.834. The SMILES string of the molecule is CC(=O)c1cn(CC(=O)O)c2cc3c(cc12)NC1(COC1)CO3. The first kappa shape index (κ1) is 14.1. The maximum Gasteiger partial charge on any atom is 0.323 e. The zero-order valence-corrected chi connectivity index (χ0v) is 12.6. The lowest BCUT2D eigenvalue weighted by Gasteiger charge is -2.45. The lowest BCUT2D eigenvalue weighted by molar-refractivity contribution is -0.137. The van der Waals surface area contributed by atoms with Crippen molar-refractivity contribution >= 4 is 28.3 Å². The average Bonchev–Trinajstić information content (AvgIpc) is 2.80. The molecule has 7 heteroatoms. The molecule has 2 aliphatic heterocycles. The van der Waals surface area contributed by atoms with Crippen LogP contribution in [0.5, 0.6) is 5.75 Å². The number of nitrogens with zero attached hydrogens (tertiary/aromatic N) is 1. The summed E-state index contributed by atoms with van der Waals surface area (Å²) in [6.45, 7) is 2.96. The van der Waals surface area contributed by atoms with Gasteiger partial charge in [-0.25, -0.2) is 0 Å². The van der Waals surface area contributed by atoms with Gasteiger partial charge in [-0.2, -0.15) is 0 Å². The third-order valence-corrected chi connectivity index (χ3v) is 4.33. The minimum Gasteiger partial charge on any atom is -0.489 e. The Morgan fingerprint density at radius 2 is 2.13 bits per heavy atom. The molecule has 1 fully saturated rings. The highest BCUT2D eigenvalue weighted by molar-refractivity contribution is 6.08. The van der Waals surface area contributed by atoms with E-state index < -0.39 is 5.97 Å². The lowest BCUT2D eigenvalue weighted by atomic mass is 9.96. The molecule has 23 heavy (non-hydrogen) atoms. The first-order valence-electron chi connectivity index (χ1n) is 7.36. The fourth-order valence-electron chi connectivity index (χ4n) is 3.13. The van der Waals surface area contributed by atoms with Crippen molar-refractivity contribution in [1.29, 1.82) is 0 Å². The van der Waals surface area contributed by atoms with E-state index in [-0.39, 0.29) is 17.9 Å². The molecule has 4 rings (SSSR count). The van der Waals surface area contributed by atoms with Crippen LogP contribution in [0.25, 0.3) is 10.9 Å². The molecular formula is C16H16N2O5. The maximum atomic E-state index is 11.9. The number of carboxylic acid groups (broad SMARTS) is 1. The van der Waals surface area contributed by atoms with E-state index >= 15 is 0 Å². The molecule has 1 saturated heterocycles. The van der Waals surface area contributed by atoms with Gasteiger partial charge in [0.1, 0.15) is 24.4 Å². The van der Waals surface area contributed by atoms with Crippen LogP contribution in [-0.2, 0) is 16.1 Å². The van der Waals surface area contributed by atoms with E-state index in [0.717, 1.165) is 11.1 Å². The summed E-state index contributed by atoms with van der Waals surface area (Å²) in [4.78, 5) is 22.9. The molecule has 1 aromatic heterocycles. The monoisotopic (exact) mass is 316 g/mol. The van der Waals surface area contributed by atoms with Gasteiger partial charge in [-0.15, -0.1) is 0 Å². The molecule has 2 aromatic rings. The van der Waals surface area contributed by atoms with Crippen LogP contribution in [0.1, 0.15) is 17.3 Å². The Bertz CT molecular complexity index is 835. The number of carboxylic acids is 1. The van der Waals surface area contributed by atoms with Crippen LogP contribution < -0.4 is 10.1 Å². The smallest absolute Gasteiger partial charge is 0.323 e. The first-order valence-corrected chi connectivity index (χ1v) is 7.36. The Hall–Kier alpha value is -2.54. The number of fused-ring (bicyclic) bond motifs is 2. The Kier molecular flexibility index (Phi) is 2.89. The molecule has 0 bridgehead atoms. The highest BCUT2D eigenvalue weighted by atomic mass is 16.5. The van der Waals surface area contributed by atoms with Gasteiger partial charge in [0.15, 0.2) is 5.78 Å². The van der Waals surface area contributed by atoms with Crippen molar-refractivity contribution in [3.05, 3.63) is 23.9 Å². The minimum absolute atomic E-state index is 0.0995. The standard InChI is InChI=1S/C16H16N2O5/c1-9(19)11-4-18(5-15(20)21)13-3-14-12(2-10(11)13)17-16(8-23-14)6-22-7-16/h2-4,17H,5-8H2,1H3,(H,20,21). The Morgan fingerprint density at radius 3 is 2.74 bits per heavy atom. The lowest BCUT2D eigenvalue weighted by Crippen LogP contribution is -2.61. The summed E-state index contributed by atoms with van der Waals surface area (Å²) in [7, 11) is 0. The molecule has 1 spiro atoms. The van der Waals surface area contributed by atoms with E-state index in [2.05, 4.69) is 5.32 Å². The van der Waals surface area contributed by atoms with Gasteiger partial charge in [0.2, 0.25) is 0 Å². The van der Waals surface area contributed by atoms with Gasteiger partial charge in [0.25, 0.3) is 0 Å². The van der Waals surface area contributed by atoms with Crippen molar-refractivity contribution in [2.24, 2.45) is 0 Å². The van der Waals surface area contributed by atoms with Crippen molar-refractivity contribution in [3.8, 4) is 5.75 Å². The molecule has 0 amide bonds. The first-order chi connectivity index (χ1) is 11.0. The third kappa shape index (κ3) is 2.16. The van der Waals surface area contributed by atoms with Crippen molar-refractivity contribution in [3.63, 3.8) is 0 Å². The summed E-state index contributed by atoms with van der Waals surface area (Å²) >= 11 is 0. The van der Waals surface area contributed by atoms with Crippen LogP contribution in [0.4, 0.5) is 5.69 Å². The van der Waals surface area contributed by atoms with E-state index in [1.807, 2.05) is 6.07 Å². The van der Waals surface area contributed by atoms with Crippen LogP contribution in [0, 0.1) is 0 Å². The topological polar surface area (TPSA) is 89.8 Å². The zero-order valence-electron chi connectivity index (χ0n) is 12.6. The summed E-state index contributed by atoms with van der Waals surface area (Å²) in [6, 6.07) is 3.65. The van der Waals surface area contributed by atoms with Crippen LogP contribution >= 0.6 is 0 Å². The minimum atomic E-state index is -0.959. The number of hydrogen-bond acceptors (Lipinski definition) is 5. The Balaban J connectivity index is 1.86. The second-order valence-electron chi connectivity index (χ2n) is 6.17. The number of aliphatic carboxylic acids is 1. The normalized spacial score (nSPS) is 18.0. The van der Waals surface area contributed by atoms with E-state index in [0.29, 0.717) is 36.7 Å². The summed E-state index contributed by atoms with van der Waals surface area (Å²) in [5.41, 5.74) is 1.80. The van der Waals surface area contributed by atoms with Crippen LogP contribution in [0.3, 0.4) is 0 Å². The molecule has 7 nitrogen and oxygen atoms in total. The summed E-state index contributed by atoms with van der Waals surface area (Å²) < 4.78 is 12.7. The molecule has 0 saturated carbocycles. The molecule has 0 aliphatic carbocycles. The number of ether oxygens (including phenoxy) is 2. The number of carbonyl (C=O) groups excluding carboxylic acids is 1. The van der Waals surface area contributed by atoms with Crippen molar-refractivity contribution in [1.82, 2.24) is 4.57 Å². The van der Waals surface area contributed by atoms with Crippen LogP contribution in [0.2, 0.25) is 0 Å². The number of anilines is 1. The predicted molar refractivity (Wildman–Crippen MR) is 82.2 cm³/mol. The van der Waals surface area contributed by atoms with Crippen molar-refractivity contribution in [2.75, 3.05) is 25.1 Å². The van der Waals surface area contributed by atoms with Gasteiger partial charge in [-0.05, 0) is 13.0 Å². The number of carbonyl (C=O) groups is 2. The predicted octanol–water partition coefficient (Wildman–Crippen LogP) is 1.50. The van der Waals surface area contributed by atoms with Crippen LogP contribution in [-0.4, -0.2) is 46.8 Å². The number of rotatable bonds is 3. The molecule has 2 N–H and O–H groups in total. The van der Waals surface area contributed by atoms with Gasteiger partial charge in [-0.3, -0.25) is 9.59 Å². The summed E-state index contributed by atoms with van der Waals surface area (Å²) in [6.07, 6.45) is 1.59. The molecule has 0 radical (unpaired) electrons. The fraction of sp³-hybridized carbons (Fsp3) is 0.375. The molecule has 120 valence electrons. The van der Waals surface area contributed by atoms with Gasteiger partial charge < -0.3 is 24.5 Å².